The Labute approximate surface area is 102 Å². The normalized spacial score (nSPS) is 25.1. The van der Waals surface area contributed by atoms with Crippen molar-refractivity contribution in [2.45, 2.75) is 53.6 Å². The standard InChI is InChI=1S/C10H19O.Pr/c1-2-6-10(9-11)7-4-3-5-8-10;/h9,11H,2-8H2,1H3;. The molecule has 1 aliphatic carbocycles. The summed E-state index contributed by atoms with van der Waals surface area (Å²) in [5, 5.41) is 9.83. The molecule has 12 heavy (non-hydrogen) atoms. The molecular formula is C10H19OPr. The average Bonchev–Trinajstić information content (AvgIpc) is 2.06. The second-order valence-corrected chi connectivity index (χ2v) is 6.14. The minimum absolute atomic E-state index is 0.0674. The van der Waals surface area contributed by atoms with Crippen molar-refractivity contribution in [3.05, 3.63) is 0 Å². The van der Waals surface area contributed by atoms with Crippen molar-refractivity contribution in [2.75, 3.05) is 0 Å². The average molecular weight is 296 g/mol. The van der Waals surface area contributed by atoms with Crippen LogP contribution in [0.1, 0.15) is 51.9 Å². The van der Waals surface area contributed by atoms with Crippen LogP contribution in [0.5, 0.6) is 0 Å². The van der Waals surface area contributed by atoms with Gasteiger partial charge in [0.2, 0.25) is 0 Å². The van der Waals surface area contributed by atoms with Gasteiger partial charge >= 0.3 is 103 Å². The third-order valence-corrected chi connectivity index (χ3v) is 5.49. The fourth-order valence-electron chi connectivity index (χ4n) is 2.45. The maximum absolute atomic E-state index is 9.83. The van der Waals surface area contributed by atoms with Crippen molar-refractivity contribution >= 4 is 0 Å². The summed E-state index contributed by atoms with van der Waals surface area (Å²) in [7, 11) is 0. The predicted molar refractivity (Wildman–Crippen MR) is 46.4 cm³/mol. The van der Waals surface area contributed by atoms with Gasteiger partial charge in [0.1, 0.15) is 0 Å². The summed E-state index contributed by atoms with van der Waals surface area (Å²) in [4.78, 5) is 0. The van der Waals surface area contributed by atoms with Gasteiger partial charge in [-0.1, -0.05) is 0 Å². The summed E-state index contributed by atoms with van der Waals surface area (Å²) in [5.41, 5.74) is 0.359. The van der Waals surface area contributed by atoms with Crippen LogP contribution in [0.3, 0.4) is 0 Å². The van der Waals surface area contributed by atoms with E-state index < -0.39 is 0 Å². The van der Waals surface area contributed by atoms with E-state index in [9.17, 15) is 5.11 Å². The molecule has 0 amide bonds. The van der Waals surface area contributed by atoms with E-state index in [4.69, 9.17) is 0 Å². The SMILES string of the molecule is CCCC1([CH](O)[Pr])CCCCC1. The van der Waals surface area contributed by atoms with E-state index in [0.717, 1.165) is 39.2 Å². The van der Waals surface area contributed by atoms with E-state index in [0.29, 0.717) is 5.41 Å². The topological polar surface area (TPSA) is 20.2 Å². The van der Waals surface area contributed by atoms with Crippen molar-refractivity contribution in [3.63, 3.8) is 0 Å². The Morgan fingerprint density at radius 2 is 1.92 bits per heavy atom. The number of hydrogen-bond donors (Lipinski definition) is 1. The van der Waals surface area contributed by atoms with Gasteiger partial charge in [0.05, 0.1) is 0 Å². The molecule has 0 heterocycles. The maximum atomic E-state index is 9.83. The van der Waals surface area contributed by atoms with E-state index in [1.807, 2.05) is 0 Å². The number of aliphatic hydroxyl groups excluding tert-OH is 1. The fraction of sp³-hybridized carbons (Fsp3) is 1.00. The van der Waals surface area contributed by atoms with Crippen LogP contribution >= 0.6 is 0 Å². The van der Waals surface area contributed by atoms with Crippen molar-refractivity contribution < 1.29 is 44.3 Å². The van der Waals surface area contributed by atoms with Crippen LogP contribution in [-0.4, -0.2) is 6.79 Å². The summed E-state index contributed by atoms with van der Waals surface area (Å²) in [6, 6.07) is 0. The van der Waals surface area contributed by atoms with E-state index in [-0.39, 0.29) is 1.69 Å². The van der Waals surface area contributed by atoms with E-state index in [1.165, 1.54) is 44.9 Å². The first-order valence-electron chi connectivity index (χ1n) is 5.15. The molecule has 0 aliphatic heterocycles. The third-order valence-electron chi connectivity index (χ3n) is 3.22. The molecule has 0 spiro atoms. The first kappa shape index (κ1) is 11.4. The number of rotatable bonds is 3. The van der Waals surface area contributed by atoms with Crippen molar-refractivity contribution in [3.8, 4) is 0 Å². The molecule has 68 valence electrons. The monoisotopic (exact) mass is 296 g/mol. The molecule has 1 unspecified atom stereocenters. The van der Waals surface area contributed by atoms with Gasteiger partial charge in [-0.2, -0.15) is 0 Å². The Morgan fingerprint density at radius 3 is 2.33 bits per heavy atom. The second-order valence-electron chi connectivity index (χ2n) is 4.12. The summed E-state index contributed by atoms with van der Waals surface area (Å²) < 4.78 is 0.0674. The van der Waals surface area contributed by atoms with Crippen LogP contribution in [-0.2, 0) is 0 Å². The molecule has 0 saturated heterocycles. The number of aliphatic hydroxyl groups is 1. The van der Waals surface area contributed by atoms with Crippen LogP contribution in [0.25, 0.3) is 0 Å². The molecule has 1 aliphatic rings. The Bertz CT molecular complexity index is 122. The molecule has 1 N–H and O–H groups in total. The molecule has 0 bridgehead atoms. The molecule has 0 aromatic heterocycles. The van der Waals surface area contributed by atoms with Gasteiger partial charge < -0.3 is 0 Å². The van der Waals surface area contributed by atoms with E-state index in [1.54, 1.807) is 0 Å². The van der Waals surface area contributed by atoms with Gasteiger partial charge in [-0.15, -0.1) is 0 Å². The molecule has 0 aromatic rings. The molecule has 1 atom stereocenters. The Morgan fingerprint density at radius 1 is 1.33 bits per heavy atom. The summed E-state index contributed by atoms with van der Waals surface area (Å²) >= 11 is 0.750. The van der Waals surface area contributed by atoms with Crippen LogP contribution in [0.15, 0.2) is 0 Å². The number of hydrogen-bond acceptors (Lipinski definition) is 1. The van der Waals surface area contributed by atoms with Crippen LogP contribution in [0.4, 0.5) is 0 Å². The zero-order chi connectivity index (χ0) is 9.03. The quantitative estimate of drug-likeness (QED) is 0.849. The predicted octanol–water partition coefficient (Wildman–Crippen LogP) is 2.60. The van der Waals surface area contributed by atoms with Gasteiger partial charge in [-0.25, -0.2) is 0 Å². The minimum atomic E-state index is 0.0674. The van der Waals surface area contributed by atoms with Crippen molar-refractivity contribution in [2.24, 2.45) is 5.41 Å². The molecule has 2 heteroatoms. The molecule has 0 radical (unpaired) electrons. The summed E-state index contributed by atoms with van der Waals surface area (Å²) in [6.07, 6.45) is 9.17. The Hall–Kier alpha value is 1.32. The van der Waals surface area contributed by atoms with Crippen LogP contribution in [0, 0.1) is 44.6 Å². The van der Waals surface area contributed by atoms with Crippen molar-refractivity contribution in [1.82, 2.24) is 0 Å². The molecule has 1 saturated carbocycles. The van der Waals surface area contributed by atoms with Gasteiger partial charge in [0, 0.05) is 0 Å². The Balaban J connectivity index is 2.56. The van der Waals surface area contributed by atoms with Crippen LogP contribution < -0.4 is 0 Å². The van der Waals surface area contributed by atoms with Crippen LogP contribution in [0.2, 0.25) is 0 Å². The van der Waals surface area contributed by atoms with E-state index >= 15 is 0 Å². The first-order chi connectivity index (χ1) is 5.71. The first-order valence-corrected chi connectivity index (χ1v) is 7.29. The van der Waals surface area contributed by atoms with Gasteiger partial charge in [0.15, 0.2) is 0 Å². The summed E-state index contributed by atoms with van der Waals surface area (Å²) in [5.74, 6) is 0. The summed E-state index contributed by atoms with van der Waals surface area (Å²) in [6.45, 7) is 2.24. The molecule has 1 fully saturated rings. The molecular weight excluding hydrogens is 277 g/mol. The molecule has 1 rings (SSSR count). The fourth-order valence-corrected chi connectivity index (χ4v) is 4.05. The second kappa shape index (κ2) is 5.27. The Kier molecular flexibility index (Phi) is 5.00. The molecule has 0 aromatic carbocycles. The van der Waals surface area contributed by atoms with Gasteiger partial charge in [-0.05, 0) is 0 Å². The van der Waals surface area contributed by atoms with Crippen molar-refractivity contribution in [1.29, 1.82) is 0 Å². The zero-order valence-electron chi connectivity index (χ0n) is 8.05. The third kappa shape index (κ3) is 2.65. The van der Waals surface area contributed by atoms with Gasteiger partial charge in [-0.3, -0.25) is 0 Å². The van der Waals surface area contributed by atoms with Gasteiger partial charge in [0.25, 0.3) is 0 Å². The zero-order valence-corrected chi connectivity index (χ0v) is 11.8. The van der Waals surface area contributed by atoms with E-state index in [2.05, 4.69) is 6.92 Å². The molecule has 1 nitrogen and oxygen atoms in total.